The molecule has 0 unspecified atom stereocenters. The number of H-pyrrole nitrogens is 1. The number of aryl methyl sites for hydroxylation is 1. The maximum Gasteiger partial charge on any atom is 0.303 e. The van der Waals surface area contributed by atoms with Crippen molar-refractivity contribution in [2.75, 3.05) is 0 Å². The Labute approximate surface area is 108 Å². The van der Waals surface area contributed by atoms with Crippen LogP contribution in [0, 0.1) is 0 Å². The van der Waals surface area contributed by atoms with Crippen LogP contribution in [0.15, 0.2) is 36.8 Å². The molecule has 3 aromatic heterocycles. The van der Waals surface area contributed by atoms with Crippen LogP contribution in [-0.4, -0.2) is 30.7 Å². The molecule has 0 aliphatic heterocycles. The van der Waals surface area contributed by atoms with Crippen molar-refractivity contribution in [2.45, 2.75) is 12.8 Å². The molecule has 96 valence electrons. The number of aliphatic carboxylic acids is 1. The van der Waals surface area contributed by atoms with Crippen LogP contribution in [0.25, 0.3) is 16.9 Å². The summed E-state index contributed by atoms with van der Waals surface area (Å²) < 4.78 is 1.70. The van der Waals surface area contributed by atoms with Gasteiger partial charge in [-0.1, -0.05) is 0 Å². The van der Waals surface area contributed by atoms with Gasteiger partial charge >= 0.3 is 5.97 Å². The number of hydrogen-bond donors (Lipinski definition) is 2. The van der Waals surface area contributed by atoms with E-state index in [-0.39, 0.29) is 6.42 Å². The molecule has 0 aromatic carbocycles. The van der Waals surface area contributed by atoms with Crippen LogP contribution in [0.3, 0.4) is 0 Å². The summed E-state index contributed by atoms with van der Waals surface area (Å²) in [6.07, 6.45) is 5.86. The van der Waals surface area contributed by atoms with Crippen LogP contribution in [0.5, 0.6) is 0 Å². The molecule has 6 heteroatoms. The largest absolute Gasteiger partial charge is 0.481 e. The number of nitrogens with one attached hydrogen (secondary N) is 1. The molecule has 3 rings (SSSR count). The predicted molar refractivity (Wildman–Crippen MR) is 68.7 cm³/mol. The van der Waals surface area contributed by atoms with Gasteiger partial charge in [-0.25, -0.2) is 9.50 Å². The van der Waals surface area contributed by atoms with Gasteiger partial charge in [-0.3, -0.25) is 4.79 Å². The predicted octanol–water partition coefficient (Wildman–Crippen LogP) is 1.74. The van der Waals surface area contributed by atoms with E-state index in [0.717, 1.165) is 22.6 Å². The first kappa shape index (κ1) is 11.5. The third-order valence-corrected chi connectivity index (χ3v) is 2.92. The third kappa shape index (κ3) is 2.20. The van der Waals surface area contributed by atoms with E-state index in [1.807, 2.05) is 30.6 Å². The normalized spacial score (nSPS) is 10.9. The van der Waals surface area contributed by atoms with Crippen molar-refractivity contribution in [3.8, 4) is 11.3 Å². The van der Waals surface area contributed by atoms with Crippen molar-refractivity contribution in [2.24, 2.45) is 0 Å². The number of rotatable bonds is 4. The summed E-state index contributed by atoms with van der Waals surface area (Å²) >= 11 is 0. The van der Waals surface area contributed by atoms with E-state index in [2.05, 4.69) is 15.1 Å². The fourth-order valence-corrected chi connectivity index (χ4v) is 1.96. The summed E-state index contributed by atoms with van der Waals surface area (Å²) in [5.74, 6) is -0.822. The van der Waals surface area contributed by atoms with Gasteiger partial charge in [-0.15, -0.1) is 0 Å². The Kier molecular flexibility index (Phi) is 2.75. The number of carboxylic acid groups (broad SMARTS) is 1. The highest BCUT2D eigenvalue weighted by molar-refractivity contribution is 5.67. The number of carbonyl (C=O) groups is 1. The average molecular weight is 256 g/mol. The standard InChI is InChI=1S/C13H12N4O2/c18-13(19)4-1-10-8-15-12-3-2-11(16-17(10)12)9-5-6-14-7-9/h2-3,5-8,14H,1,4H2,(H,18,19). The van der Waals surface area contributed by atoms with Crippen LogP contribution >= 0.6 is 0 Å². The van der Waals surface area contributed by atoms with Crippen LogP contribution in [0.4, 0.5) is 0 Å². The molecule has 0 radical (unpaired) electrons. The topological polar surface area (TPSA) is 83.3 Å². The summed E-state index contributed by atoms with van der Waals surface area (Å²) in [6, 6.07) is 5.70. The Bertz CT molecular complexity index is 715. The number of aromatic nitrogens is 4. The zero-order chi connectivity index (χ0) is 13.2. The summed E-state index contributed by atoms with van der Waals surface area (Å²) in [6.45, 7) is 0. The highest BCUT2D eigenvalue weighted by atomic mass is 16.4. The molecule has 0 bridgehead atoms. The minimum absolute atomic E-state index is 0.0733. The summed E-state index contributed by atoms with van der Waals surface area (Å²) in [4.78, 5) is 17.8. The van der Waals surface area contributed by atoms with E-state index in [1.165, 1.54) is 0 Å². The van der Waals surface area contributed by atoms with Gasteiger partial charge in [0.05, 0.1) is 24.0 Å². The van der Waals surface area contributed by atoms with Crippen LogP contribution in [-0.2, 0) is 11.2 Å². The van der Waals surface area contributed by atoms with Crippen molar-refractivity contribution in [3.63, 3.8) is 0 Å². The van der Waals surface area contributed by atoms with E-state index in [9.17, 15) is 4.79 Å². The second-order valence-electron chi connectivity index (χ2n) is 4.23. The zero-order valence-electron chi connectivity index (χ0n) is 10.1. The van der Waals surface area contributed by atoms with Gasteiger partial charge in [0.15, 0.2) is 5.65 Å². The zero-order valence-corrected chi connectivity index (χ0v) is 10.1. The van der Waals surface area contributed by atoms with E-state index in [0.29, 0.717) is 6.42 Å². The van der Waals surface area contributed by atoms with Crippen molar-refractivity contribution < 1.29 is 9.90 Å². The van der Waals surface area contributed by atoms with Crippen molar-refractivity contribution in [1.82, 2.24) is 19.6 Å². The molecular weight excluding hydrogens is 244 g/mol. The lowest BCUT2D eigenvalue weighted by Gasteiger charge is -2.02. The van der Waals surface area contributed by atoms with Gasteiger partial charge in [0.25, 0.3) is 0 Å². The average Bonchev–Trinajstić information content (AvgIpc) is 3.05. The second-order valence-corrected chi connectivity index (χ2v) is 4.23. The SMILES string of the molecule is O=C(O)CCc1cnc2ccc(-c3cc[nH]c3)nn12. The summed E-state index contributed by atoms with van der Waals surface area (Å²) in [5.41, 5.74) is 3.33. The first-order chi connectivity index (χ1) is 9.24. The Balaban J connectivity index is 2.00. The Morgan fingerprint density at radius 2 is 2.26 bits per heavy atom. The molecule has 0 spiro atoms. The molecule has 2 N–H and O–H groups in total. The minimum Gasteiger partial charge on any atom is -0.481 e. The molecule has 0 atom stereocenters. The fourth-order valence-electron chi connectivity index (χ4n) is 1.96. The number of carboxylic acids is 1. The van der Waals surface area contributed by atoms with E-state index >= 15 is 0 Å². The van der Waals surface area contributed by atoms with Gasteiger partial charge in [0, 0.05) is 24.4 Å². The number of fused-ring (bicyclic) bond motifs is 1. The molecule has 0 saturated carbocycles. The maximum absolute atomic E-state index is 10.6. The molecule has 0 saturated heterocycles. The number of imidazole rings is 1. The van der Waals surface area contributed by atoms with Crippen LogP contribution in [0.1, 0.15) is 12.1 Å². The van der Waals surface area contributed by atoms with Crippen molar-refractivity contribution in [1.29, 1.82) is 0 Å². The highest BCUT2D eigenvalue weighted by Gasteiger charge is 2.08. The fraction of sp³-hybridized carbons (Fsp3) is 0.154. The van der Waals surface area contributed by atoms with Crippen LogP contribution in [0.2, 0.25) is 0 Å². The number of nitrogens with zero attached hydrogens (tertiary/aromatic N) is 3. The number of aromatic amines is 1. The first-order valence-corrected chi connectivity index (χ1v) is 5.92. The number of hydrogen-bond acceptors (Lipinski definition) is 3. The van der Waals surface area contributed by atoms with Crippen LogP contribution < -0.4 is 0 Å². The van der Waals surface area contributed by atoms with Gasteiger partial charge in [0.2, 0.25) is 0 Å². The van der Waals surface area contributed by atoms with Gasteiger partial charge in [0.1, 0.15) is 0 Å². The smallest absolute Gasteiger partial charge is 0.303 e. The molecule has 3 aromatic rings. The molecule has 0 fully saturated rings. The lowest BCUT2D eigenvalue weighted by molar-refractivity contribution is -0.136. The van der Waals surface area contributed by atoms with Crippen molar-refractivity contribution >= 4 is 11.6 Å². The van der Waals surface area contributed by atoms with E-state index in [4.69, 9.17) is 5.11 Å². The van der Waals surface area contributed by atoms with Gasteiger partial charge < -0.3 is 10.1 Å². The minimum atomic E-state index is -0.822. The van der Waals surface area contributed by atoms with Crippen molar-refractivity contribution in [3.05, 3.63) is 42.5 Å². The summed E-state index contributed by atoms with van der Waals surface area (Å²) in [5, 5.41) is 13.2. The quantitative estimate of drug-likeness (QED) is 0.744. The van der Waals surface area contributed by atoms with Gasteiger partial charge in [-0.2, -0.15) is 5.10 Å². The molecule has 19 heavy (non-hydrogen) atoms. The molecule has 0 amide bonds. The van der Waals surface area contributed by atoms with E-state index < -0.39 is 5.97 Å². The highest BCUT2D eigenvalue weighted by Crippen LogP contribution is 2.17. The Morgan fingerprint density at radius 3 is 3.00 bits per heavy atom. The molecule has 0 aliphatic carbocycles. The van der Waals surface area contributed by atoms with Gasteiger partial charge in [-0.05, 0) is 18.2 Å². The summed E-state index contributed by atoms with van der Waals surface area (Å²) in [7, 11) is 0. The molecule has 0 aliphatic rings. The monoisotopic (exact) mass is 256 g/mol. The molecular formula is C13H12N4O2. The second kappa shape index (κ2) is 4.56. The molecule has 6 nitrogen and oxygen atoms in total. The lowest BCUT2D eigenvalue weighted by Crippen LogP contribution is -2.03. The molecule has 3 heterocycles. The van der Waals surface area contributed by atoms with E-state index in [1.54, 1.807) is 10.7 Å². The Hall–Kier alpha value is -2.63. The maximum atomic E-state index is 10.6. The lowest BCUT2D eigenvalue weighted by atomic mass is 10.2. The Morgan fingerprint density at radius 1 is 1.37 bits per heavy atom. The third-order valence-electron chi connectivity index (χ3n) is 2.92. The first-order valence-electron chi connectivity index (χ1n) is 5.92.